The van der Waals surface area contributed by atoms with E-state index in [1.165, 1.54) is 43.2 Å². The molecular weight excluding hydrogens is 494 g/mol. The Hall–Kier alpha value is -3.20. The van der Waals surface area contributed by atoms with Crippen molar-refractivity contribution in [3.05, 3.63) is 76.7 Å². The molecule has 9 heteroatoms. The molecule has 3 heterocycles. The monoisotopic (exact) mass is 525 g/mol. The third-order valence-corrected chi connectivity index (χ3v) is 8.12. The number of anilines is 1. The Labute approximate surface area is 219 Å². The summed E-state index contributed by atoms with van der Waals surface area (Å²) in [7, 11) is 0. The fraction of sp³-hybridized carbons (Fsp3) is 0.448. The standard InChI is InChI=1S/C29H31F4N5/c1-20-16-26(25(30)17-21-2-4-23(5-3-21)28(9-10-28)29(31,32)33)35-38(20)19-22-8-11-34-27(18-22)37-14-12-36(13-15-37)24-6-7-24/h2-5,8,11,16-18,24H,6-7,9-10,12-15,19H2,1H3. The molecule has 3 aliphatic rings. The second kappa shape index (κ2) is 9.52. The summed E-state index contributed by atoms with van der Waals surface area (Å²) < 4.78 is 57.0. The van der Waals surface area contributed by atoms with Gasteiger partial charge in [0.05, 0.1) is 12.0 Å². The maximum absolute atomic E-state index is 15.1. The average molecular weight is 526 g/mol. The highest BCUT2D eigenvalue weighted by Crippen LogP contribution is 2.58. The lowest BCUT2D eigenvalue weighted by atomic mass is 9.94. The highest BCUT2D eigenvalue weighted by Gasteiger charge is 2.64. The van der Waals surface area contributed by atoms with Gasteiger partial charge in [0, 0.05) is 44.1 Å². The molecular formula is C29H31F4N5. The summed E-state index contributed by atoms with van der Waals surface area (Å²) in [6.45, 7) is 6.43. The summed E-state index contributed by atoms with van der Waals surface area (Å²) in [6.07, 6.45) is 1.72. The molecule has 3 aromatic rings. The van der Waals surface area contributed by atoms with Gasteiger partial charge in [0.15, 0.2) is 5.83 Å². The van der Waals surface area contributed by atoms with Crippen LogP contribution in [0.25, 0.3) is 11.9 Å². The van der Waals surface area contributed by atoms with Crippen LogP contribution in [0.5, 0.6) is 0 Å². The SMILES string of the molecule is Cc1cc(C(F)=Cc2ccc(C3(C(F)(F)F)CC3)cc2)nn1Cc1ccnc(N2CCN(C3CC3)CC2)c1. The van der Waals surface area contributed by atoms with Crippen LogP contribution >= 0.6 is 0 Å². The van der Waals surface area contributed by atoms with Crippen molar-refractivity contribution >= 4 is 17.7 Å². The van der Waals surface area contributed by atoms with Crippen LogP contribution in [-0.4, -0.2) is 58.1 Å². The van der Waals surface area contributed by atoms with Crippen LogP contribution in [0, 0.1) is 6.92 Å². The maximum atomic E-state index is 15.1. The van der Waals surface area contributed by atoms with E-state index < -0.39 is 17.4 Å². The van der Waals surface area contributed by atoms with Gasteiger partial charge in [-0.05, 0) is 73.6 Å². The summed E-state index contributed by atoms with van der Waals surface area (Å²) in [4.78, 5) is 9.46. The van der Waals surface area contributed by atoms with Gasteiger partial charge in [-0.1, -0.05) is 24.3 Å². The van der Waals surface area contributed by atoms with Gasteiger partial charge in [-0.15, -0.1) is 0 Å². The number of aryl methyl sites for hydroxylation is 1. The van der Waals surface area contributed by atoms with E-state index >= 15 is 4.39 Å². The van der Waals surface area contributed by atoms with Crippen molar-refractivity contribution in [1.29, 1.82) is 0 Å². The number of piperazine rings is 1. The number of rotatable bonds is 7. The first-order valence-corrected chi connectivity index (χ1v) is 13.3. The smallest absolute Gasteiger partial charge is 0.354 e. The summed E-state index contributed by atoms with van der Waals surface area (Å²) >= 11 is 0. The topological polar surface area (TPSA) is 37.2 Å². The summed E-state index contributed by atoms with van der Waals surface area (Å²) in [5.41, 5.74) is 1.06. The van der Waals surface area contributed by atoms with Crippen LogP contribution in [0.15, 0.2) is 48.7 Å². The summed E-state index contributed by atoms with van der Waals surface area (Å²) in [6, 6.07) is 12.5. The van der Waals surface area contributed by atoms with Gasteiger partial charge in [0.2, 0.25) is 0 Å². The van der Waals surface area contributed by atoms with Gasteiger partial charge in [0.25, 0.3) is 0 Å². The van der Waals surface area contributed by atoms with Crippen LogP contribution in [-0.2, 0) is 12.0 Å². The molecule has 0 amide bonds. The minimum absolute atomic E-state index is 0.104. The first-order valence-electron chi connectivity index (χ1n) is 13.3. The Morgan fingerprint density at radius 2 is 1.74 bits per heavy atom. The third kappa shape index (κ3) is 4.96. The predicted octanol–water partition coefficient (Wildman–Crippen LogP) is 5.98. The van der Waals surface area contributed by atoms with Gasteiger partial charge >= 0.3 is 6.18 Å². The van der Waals surface area contributed by atoms with E-state index in [1.54, 1.807) is 10.7 Å². The third-order valence-electron chi connectivity index (χ3n) is 8.12. The number of benzene rings is 1. The van der Waals surface area contributed by atoms with Gasteiger partial charge in [-0.3, -0.25) is 9.58 Å². The van der Waals surface area contributed by atoms with E-state index in [1.807, 2.05) is 19.2 Å². The van der Waals surface area contributed by atoms with E-state index in [2.05, 4.69) is 25.9 Å². The second-order valence-electron chi connectivity index (χ2n) is 10.8. The number of alkyl halides is 3. The lowest BCUT2D eigenvalue weighted by Crippen LogP contribution is -2.47. The Balaban J connectivity index is 1.13. The van der Waals surface area contributed by atoms with Crippen molar-refractivity contribution in [3.63, 3.8) is 0 Å². The normalized spacial score (nSPS) is 20.1. The molecule has 38 heavy (non-hydrogen) atoms. The second-order valence-corrected chi connectivity index (χ2v) is 10.8. The van der Waals surface area contributed by atoms with E-state index in [4.69, 9.17) is 0 Å². The lowest BCUT2D eigenvalue weighted by Gasteiger charge is -2.35. The highest BCUT2D eigenvalue weighted by molar-refractivity contribution is 5.75. The molecule has 0 atom stereocenters. The molecule has 0 unspecified atom stereocenters. The molecule has 1 saturated heterocycles. The first-order chi connectivity index (χ1) is 18.2. The minimum Gasteiger partial charge on any atom is -0.354 e. The van der Waals surface area contributed by atoms with Crippen LogP contribution in [0.4, 0.5) is 23.4 Å². The zero-order valence-electron chi connectivity index (χ0n) is 21.4. The molecule has 5 nitrogen and oxygen atoms in total. The Morgan fingerprint density at radius 1 is 1.03 bits per heavy atom. The molecule has 3 fully saturated rings. The number of hydrogen-bond acceptors (Lipinski definition) is 4. The number of hydrogen-bond donors (Lipinski definition) is 0. The van der Waals surface area contributed by atoms with E-state index in [-0.39, 0.29) is 24.1 Å². The van der Waals surface area contributed by atoms with Crippen molar-refractivity contribution in [3.8, 4) is 0 Å². The Bertz CT molecular complexity index is 1330. The number of pyridine rings is 1. The zero-order valence-corrected chi connectivity index (χ0v) is 21.4. The quantitative estimate of drug-likeness (QED) is 0.356. The van der Waals surface area contributed by atoms with Crippen molar-refractivity contribution in [2.75, 3.05) is 31.1 Å². The van der Waals surface area contributed by atoms with Crippen LogP contribution in [0.1, 0.15) is 53.8 Å². The fourth-order valence-corrected chi connectivity index (χ4v) is 5.43. The van der Waals surface area contributed by atoms with E-state index in [0.29, 0.717) is 12.1 Å². The molecule has 2 aromatic heterocycles. The maximum Gasteiger partial charge on any atom is 0.398 e. The van der Waals surface area contributed by atoms with Gasteiger partial charge < -0.3 is 4.90 Å². The Kier molecular flexibility index (Phi) is 6.29. The molecule has 1 aromatic carbocycles. The molecule has 6 rings (SSSR count). The van der Waals surface area contributed by atoms with Gasteiger partial charge in [-0.2, -0.15) is 18.3 Å². The van der Waals surface area contributed by atoms with Crippen LogP contribution < -0.4 is 4.90 Å². The minimum atomic E-state index is -4.26. The molecule has 1 aliphatic heterocycles. The fourth-order valence-electron chi connectivity index (χ4n) is 5.43. The first kappa shape index (κ1) is 25.1. The molecule has 0 radical (unpaired) electrons. The molecule has 200 valence electrons. The van der Waals surface area contributed by atoms with Crippen molar-refractivity contribution in [2.45, 2.75) is 56.8 Å². The number of halogens is 4. The van der Waals surface area contributed by atoms with E-state index in [9.17, 15) is 13.2 Å². The van der Waals surface area contributed by atoms with Crippen LogP contribution in [0.3, 0.4) is 0 Å². The predicted molar refractivity (Wildman–Crippen MR) is 139 cm³/mol. The highest BCUT2D eigenvalue weighted by atomic mass is 19.4. The molecule has 2 aliphatic carbocycles. The van der Waals surface area contributed by atoms with Crippen molar-refractivity contribution in [2.24, 2.45) is 0 Å². The molecule has 0 spiro atoms. The lowest BCUT2D eigenvalue weighted by molar-refractivity contribution is -0.160. The average Bonchev–Trinajstić information content (AvgIpc) is 3.83. The van der Waals surface area contributed by atoms with Gasteiger partial charge in [-0.25, -0.2) is 9.37 Å². The summed E-state index contributed by atoms with van der Waals surface area (Å²) in [5.74, 6) is 0.427. The number of nitrogens with zero attached hydrogens (tertiary/aromatic N) is 5. The van der Waals surface area contributed by atoms with Crippen molar-refractivity contribution < 1.29 is 17.6 Å². The van der Waals surface area contributed by atoms with E-state index in [0.717, 1.165) is 49.3 Å². The molecule has 0 N–H and O–H groups in total. The number of aromatic nitrogens is 3. The largest absolute Gasteiger partial charge is 0.398 e. The molecule has 0 bridgehead atoms. The van der Waals surface area contributed by atoms with Crippen LogP contribution in [0.2, 0.25) is 0 Å². The Morgan fingerprint density at radius 3 is 2.37 bits per heavy atom. The molecule has 2 saturated carbocycles. The zero-order chi connectivity index (χ0) is 26.5. The summed E-state index contributed by atoms with van der Waals surface area (Å²) in [5, 5.41) is 4.46. The van der Waals surface area contributed by atoms with Crippen molar-refractivity contribution in [1.82, 2.24) is 19.7 Å². The van der Waals surface area contributed by atoms with Gasteiger partial charge in [0.1, 0.15) is 11.5 Å².